The standard InChI is InChI=1S/C17H17N3O2/c1-3-13-6-4-5-7-16(13)22-15-10-8-14(9-11-15)20-12(2)18-19-17(20)21/h4-11H,3H2,1-2H3,(H,19,21). The first-order valence-electron chi connectivity index (χ1n) is 7.19. The molecule has 0 atom stereocenters. The Balaban J connectivity index is 1.88. The highest BCUT2D eigenvalue weighted by atomic mass is 16.5. The number of aromatic amines is 1. The SMILES string of the molecule is CCc1ccccc1Oc1ccc(-n2c(C)n[nH]c2=O)cc1. The second-order valence-corrected chi connectivity index (χ2v) is 4.97. The first-order valence-corrected chi connectivity index (χ1v) is 7.19. The summed E-state index contributed by atoms with van der Waals surface area (Å²) >= 11 is 0. The molecule has 3 aromatic rings. The van der Waals surface area contributed by atoms with E-state index in [1.54, 1.807) is 6.92 Å². The number of aryl methyl sites for hydroxylation is 2. The monoisotopic (exact) mass is 295 g/mol. The van der Waals surface area contributed by atoms with Gasteiger partial charge in [-0.2, -0.15) is 5.10 Å². The molecule has 0 spiro atoms. The van der Waals surface area contributed by atoms with E-state index >= 15 is 0 Å². The van der Waals surface area contributed by atoms with Crippen LogP contribution < -0.4 is 10.4 Å². The first-order chi connectivity index (χ1) is 10.7. The van der Waals surface area contributed by atoms with Crippen LogP contribution in [-0.4, -0.2) is 14.8 Å². The molecule has 3 rings (SSSR count). The molecule has 0 amide bonds. The molecule has 0 saturated heterocycles. The molecule has 1 N–H and O–H groups in total. The fourth-order valence-corrected chi connectivity index (χ4v) is 2.37. The Bertz CT molecular complexity index is 832. The van der Waals surface area contributed by atoms with Crippen molar-refractivity contribution in [3.05, 3.63) is 70.4 Å². The van der Waals surface area contributed by atoms with Gasteiger partial charge in [0.25, 0.3) is 0 Å². The third-order valence-corrected chi connectivity index (χ3v) is 3.52. The Labute approximate surface area is 128 Å². The predicted molar refractivity (Wildman–Crippen MR) is 84.8 cm³/mol. The van der Waals surface area contributed by atoms with Gasteiger partial charge in [-0.15, -0.1) is 0 Å². The summed E-state index contributed by atoms with van der Waals surface area (Å²) in [7, 11) is 0. The summed E-state index contributed by atoms with van der Waals surface area (Å²) in [6.45, 7) is 3.87. The fraction of sp³-hybridized carbons (Fsp3) is 0.176. The Kier molecular flexibility index (Phi) is 3.78. The maximum absolute atomic E-state index is 11.7. The van der Waals surface area contributed by atoms with E-state index < -0.39 is 0 Å². The smallest absolute Gasteiger partial charge is 0.347 e. The molecule has 0 aliphatic carbocycles. The van der Waals surface area contributed by atoms with Crippen molar-refractivity contribution in [2.24, 2.45) is 0 Å². The molecule has 5 nitrogen and oxygen atoms in total. The van der Waals surface area contributed by atoms with Gasteiger partial charge in [0.15, 0.2) is 0 Å². The molecule has 22 heavy (non-hydrogen) atoms. The Morgan fingerprint density at radius 3 is 2.50 bits per heavy atom. The highest BCUT2D eigenvalue weighted by molar-refractivity contribution is 5.42. The van der Waals surface area contributed by atoms with Gasteiger partial charge in [0.1, 0.15) is 17.3 Å². The summed E-state index contributed by atoms with van der Waals surface area (Å²) in [4.78, 5) is 11.7. The number of benzene rings is 2. The zero-order valence-corrected chi connectivity index (χ0v) is 12.5. The van der Waals surface area contributed by atoms with E-state index in [9.17, 15) is 4.79 Å². The highest BCUT2D eigenvalue weighted by Crippen LogP contribution is 2.26. The minimum absolute atomic E-state index is 0.248. The van der Waals surface area contributed by atoms with E-state index in [2.05, 4.69) is 23.2 Å². The number of aromatic nitrogens is 3. The van der Waals surface area contributed by atoms with Crippen molar-refractivity contribution in [3.63, 3.8) is 0 Å². The van der Waals surface area contributed by atoms with Crippen molar-refractivity contribution in [2.75, 3.05) is 0 Å². The molecule has 2 aromatic carbocycles. The maximum atomic E-state index is 11.7. The van der Waals surface area contributed by atoms with Gasteiger partial charge in [0.05, 0.1) is 5.69 Å². The van der Waals surface area contributed by atoms with Crippen molar-refractivity contribution in [3.8, 4) is 17.2 Å². The van der Waals surface area contributed by atoms with E-state index in [0.29, 0.717) is 5.82 Å². The Morgan fingerprint density at radius 1 is 1.14 bits per heavy atom. The van der Waals surface area contributed by atoms with Crippen molar-refractivity contribution >= 4 is 0 Å². The van der Waals surface area contributed by atoms with Crippen LogP contribution in [0, 0.1) is 6.92 Å². The average molecular weight is 295 g/mol. The third kappa shape index (κ3) is 2.65. The van der Waals surface area contributed by atoms with Crippen LogP contribution in [0.2, 0.25) is 0 Å². The zero-order valence-electron chi connectivity index (χ0n) is 12.5. The van der Waals surface area contributed by atoms with E-state index in [1.807, 2.05) is 42.5 Å². The lowest BCUT2D eigenvalue weighted by Gasteiger charge is -2.10. The molecule has 0 radical (unpaired) electrons. The fourth-order valence-electron chi connectivity index (χ4n) is 2.37. The molecule has 0 unspecified atom stereocenters. The van der Waals surface area contributed by atoms with Gasteiger partial charge in [-0.05, 0) is 49.2 Å². The second-order valence-electron chi connectivity index (χ2n) is 4.97. The van der Waals surface area contributed by atoms with Crippen LogP contribution in [0.25, 0.3) is 5.69 Å². The van der Waals surface area contributed by atoms with Crippen molar-refractivity contribution < 1.29 is 4.74 Å². The third-order valence-electron chi connectivity index (χ3n) is 3.52. The van der Waals surface area contributed by atoms with Crippen LogP contribution in [-0.2, 0) is 6.42 Å². The summed E-state index contributed by atoms with van der Waals surface area (Å²) in [5.74, 6) is 2.21. The largest absolute Gasteiger partial charge is 0.457 e. The number of nitrogens with one attached hydrogen (secondary N) is 1. The van der Waals surface area contributed by atoms with Gasteiger partial charge in [0, 0.05) is 0 Å². The van der Waals surface area contributed by atoms with E-state index in [1.165, 1.54) is 4.57 Å². The molecule has 112 valence electrons. The molecule has 5 heteroatoms. The second kappa shape index (κ2) is 5.89. The van der Waals surface area contributed by atoms with Gasteiger partial charge in [-0.1, -0.05) is 25.1 Å². The number of hydrogen-bond acceptors (Lipinski definition) is 3. The van der Waals surface area contributed by atoms with Gasteiger partial charge in [-0.25, -0.2) is 14.5 Å². The summed E-state index contributed by atoms with van der Waals surface area (Å²) in [5.41, 5.74) is 1.67. The number of para-hydroxylation sites is 1. The topological polar surface area (TPSA) is 59.9 Å². The molecule has 1 heterocycles. The molecular weight excluding hydrogens is 278 g/mol. The average Bonchev–Trinajstić information content (AvgIpc) is 2.88. The van der Waals surface area contributed by atoms with Crippen molar-refractivity contribution in [1.29, 1.82) is 0 Å². The lowest BCUT2D eigenvalue weighted by molar-refractivity contribution is 0.477. The summed E-state index contributed by atoms with van der Waals surface area (Å²) in [6, 6.07) is 15.3. The minimum Gasteiger partial charge on any atom is -0.457 e. The number of H-pyrrole nitrogens is 1. The van der Waals surface area contributed by atoms with Gasteiger partial charge < -0.3 is 4.74 Å². The quantitative estimate of drug-likeness (QED) is 0.804. The maximum Gasteiger partial charge on any atom is 0.347 e. The summed E-state index contributed by atoms with van der Waals surface area (Å²) in [6.07, 6.45) is 0.915. The lowest BCUT2D eigenvalue weighted by atomic mass is 10.1. The molecule has 0 saturated carbocycles. The first kappa shape index (κ1) is 14.1. The van der Waals surface area contributed by atoms with Gasteiger partial charge >= 0.3 is 5.69 Å². The van der Waals surface area contributed by atoms with Crippen LogP contribution in [0.4, 0.5) is 0 Å². The van der Waals surface area contributed by atoms with E-state index in [0.717, 1.165) is 29.2 Å². The Morgan fingerprint density at radius 2 is 1.86 bits per heavy atom. The predicted octanol–water partition coefficient (Wildman–Crippen LogP) is 3.22. The molecule has 0 aliphatic heterocycles. The molecular formula is C17H17N3O2. The number of rotatable bonds is 4. The summed E-state index contributed by atoms with van der Waals surface area (Å²) in [5, 5.41) is 6.33. The molecule has 1 aromatic heterocycles. The highest BCUT2D eigenvalue weighted by Gasteiger charge is 2.07. The Hall–Kier alpha value is -2.82. The van der Waals surface area contributed by atoms with Crippen molar-refractivity contribution in [1.82, 2.24) is 14.8 Å². The van der Waals surface area contributed by atoms with Crippen LogP contribution in [0.15, 0.2) is 53.3 Å². The normalized spacial score (nSPS) is 10.6. The molecule has 0 fully saturated rings. The van der Waals surface area contributed by atoms with Gasteiger partial charge in [-0.3, -0.25) is 0 Å². The zero-order chi connectivity index (χ0) is 15.5. The lowest BCUT2D eigenvalue weighted by Crippen LogP contribution is -2.15. The minimum atomic E-state index is -0.248. The van der Waals surface area contributed by atoms with Crippen molar-refractivity contribution in [2.45, 2.75) is 20.3 Å². The number of nitrogens with zero attached hydrogens (tertiary/aromatic N) is 2. The van der Waals surface area contributed by atoms with Gasteiger partial charge in [0.2, 0.25) is 0 Å². The van der Waals surface area contributed by atoms with Crippen LogP contribution in [0.5, 0.6) is 11.5 Å². The molecule has 0 aliphatic rings. The molecule has 0 bridgehead atoms. The van der Waals surface area contributed by atoms with Crippen LogP contribution in [0.3, 0.4) is 0 Å². The number of ether oxygens (including phenoxy) is 1. The van der Waals surface area contributed by atoms with Crippen LogP contribution in [0.1, 0.15) is 18.3 Å². The summed E-state index contributed by atoms with van der Waals surface area (Å²) < 4.78 is 7.44. The van der Waals surface area contributed by atoms with E-state index in [-0.39, 0.29) is 5.69 Å². The number of hydrogen-bond donors (Lipinski definition) is 1. The van der Waals surface area contributed by atoms with Crippen LogP contribution >= 0.6 is 0 Å². The van der Waals surface area contributed by atoms with E-state index in [4.69, 9.17) is 4.74 Å².